The summed E-state index contributed by atoms with van der Waals surface area (Å²) in [5, 5.41) is 15.7. The topological polar surface area (TPSA) is 46.4 Å². The van der Waals surface area contributed by atoms with Gasteiger partial charge in [0, 0.05) is 29.9 Å². The zero-order valence-electron chi connectivity index (χ0n) is 13.7. The minimum atomic E-state index is -0.531. The molecular formula is C19H22N2O2S. The lowest BCUT2D eigenvalue weighted by Crippen LogP contribution is -2.22. The highest BCUT2D eigenvalue weighted by atomic mass is 32.1. The fraction of sp³-hybridized carbons (Fsp3) is 0.263. The first-order valence-electron chi connectivity index (χ1n) is 7.95. The van der Waals surface area contributed by atoms with E-state index in [4.69, 9.17) is 4.74 Å². The highest BCUT2D eigenvalue weighted by molar-refractivity contribution is 7.09. The number of aromatic nitrogens is 1. The summed E-state index contributed by atoms with van der Waals surface area (Å²) in [6.45, 7) is 2.13. The van der Waals surface area contributed by atoms with E-state index in [9.17, 15) is 5.11 Å². The van der Waals surface area contributed by atoms with Gasteiger partial charge in [0.1, 0.15) is 5.75 Å². The maximum absolute atomic E-state index is 10.3. The van der Waals surface area contributed by atoms with E-state index in [1.807, 2.05) is 24.3 Å². The summed E-state index contributed by atoms with van der Waals surface area (Å²) in [7, 11) is 1.64. The average Bonchev–Trinajstić information content (AvgIpc) is 3.28. The van der Waals surface area contributed by atoms with Crippen LogP contribution in [0.5, 0.6) is 5.75 Å². The maximum atomic E-state index is 10.3. The van der Waals surface area contributed by atoms with E-state index in [2.05, 4.69) is 45.7 Å². The molecule has 0 saturated heterocycles. The molecule has 5 heteroatoms. The normalized spacial score (nSPS) is 12.2. The Morgan fingerprint density at radius 3 is 2.71 bits per heavy atom. The van der Waals surface area contributed by atoms with Gasteiger partial charge in [0.05, 0.1) is 19.8 Å². The van der Waals surface area contributed by atoms with Gasteiger partial charge in [-0.1, -0.05) is 18.2 Å². The van der Waals surface area contributed by atoms with Crippen LogP contribution in [0.3, 0.4) is 0 Å². The molecule has 0 saturated carbocycles. The number of aliphatic hydroxyl groups is 1. The van der Waals surface area contributed by atoms with Gasteiger partial charge < -0.3 is 19.7 Å². The van der Waals surface area contributed by atoms with Crippen LogP contribution in [0, 0.1) is 0 Å². The lowest BCUT2D eigenvalue weighted by atomic mass is 10.1. The molecule has 2 aromatic heterocycles. The molecule has 3 rings (SSSR count). The van der Waals surface area contributed by atoms with Crippen molar-refractivity contribution in [3.63, 3.8) is 0 Å². The van der Waals surface area contributed by atoms with Crippen molar-refractivity contribution in [1.29, 1.82) is 0 Å². The summed E-state index contributed by atoms with van der Waals surface area (Å²) in [4.78, 5) is 1.34. The number of hydrogen-bond acceptors (Lipinski definition) is 4. The molecule has 0 amide bonds. The Morgan fingerprint density at radius 1 is 1.17 bits per heavy atom. The first-order chi connectivity index (χ1) is 11.8. The number of nitrogens with zero attached hydrogens (tertiary/aromatic N) is 1. The number of thiophene rings is 1. The van der Waals surface area contributed by atoms with Gasteiger partial charge in [0.2, 0.25) is 0 Å². The van der Waals surface area contributed by atoms with Crippen molar-refractivity contribution in [2.75, 3.05) is 13.7 Å². The molecule has 126 valence electrons. The van der Waals surface area contributed by atoms with Crippen LogP contribution in [0.15, 0.2) is 60.1 Å². The monoisotopic (exact) mass is 342 g/mol. The Bertz CT molecular complexity index is 735. The maximum Gasteiger partial charge on any atom is 0.118 e. The molecule has 2 heterocycles. The van der Waals surface area contributed by atoms with Crippen molar-refractivity contribution in [1.82, 2.24) is 9.88 Å². The largest absolute Gasteiger partial charge is 0.497 e. The van der Waals surface area contributed by atoms with Crippen LogP contribution in [-0.2, 0) is 13.1 Å². The zero-order chi connectivity index (χ0) is 16.8. The Kier molecular flexibility index (Phi) is 5.69. The van der Waals surface area contributed by atoms with Gasteiger partial charge in [-0.05, 0) is 41.3 Å². The minimum Gasteiger partial charge on any atom is -0.497 e. The fourth-order valence-corrected chi connectivity index (χ4v) is 3.32. The Hall–Kier alpha value is -2.08. The van der Waals surface area contributed by atoms with Crippen LogP contribution in [-0.4, -0.2) is 23.3 Å². The third kappa shape index (κ3) is 4.26. The van der Waals surface area contributed by atoms with Crippen molar-refractivity contribution in [2.45, 2.75) is 19.2 Å². The Morgan fingerprint density at radius 2 is 2.00 bits per heavy atom. The molecule has 4 nitrogen and oxygen atoms in total. The summed E-state index contributed by atoms with van der Waals surface area (Å²) in [6, 6.07) is 15.9. The predicted octanol–water partition coefficient (Wildman–Crippen LogP) is 3.43. The van der Waals surface area contributed by atoms with Gasteiger partial charge in [-0.2, -0.15) is 0 Å². The second kappa shape index (κ2) is 8.15. The average molecular weight is 342 g/mol. The first kappa shape index (κ1) is 16.8. The molecule has 0 aliphatic carbocycles. The van der Waals surface area contributed by atoms with E-state index in [1.54, 1.807) is 18.4 Å². The Balaban J connectivity index is 1.52. The molecule has 2 N–H and O–H groups in total. The fourth-order valence-electron chi connectivity index (χ4n) is 2.62. The van der Waals surface area contributed by atoms with E-state index < -0.39 is 6.10 Å². The number of aliphatic hydroxyl groups excluding tert-OH is 1. The number of ether oxygens (including phenoxy) is 1. The molecule has 1 unspecified atom stereocenters. The molecule has 0 bridgehead atoms. The zero-order valence-corrected chi connectivity index (χ0v) is 14.5. The number of rotatable bonds is 8. The SMILES string of the molecule is COc1ccc(C(O)CNCc2cccn2Cc2cccs2)cc1. The van der Waals surface area contributed by atoms with Crippen LogP contribution in [0.4, 0.5) is 0 Å². The third-order valence-corrected chi connectivity index (χ3v) is 4.84. The van der Waals surface area contributed by atoms with E-state index >= 15 is 0 Å². The van der Waals surface area contributed by atoms with Gasteiger partial charge in [0.25, 0.3) is 0 Å². The minimum absolute atomic E-state index is 0.510. The molecular weight excluding hydrogens is 320 g/mol. The number of hydrogen-bond donors (Lipinski definition) is 2. The molecule has 0 aliphatic rings. The summed E-state index contributed by atoms with van der Waals surface area (Å²) < 4.78 is 7.37. The molecule has 0 aliphatic heterocycles. The van der Waals surface area contributed by atoms with E-state index in [-0.39, 0.29) is 0 Å². The van der Waals surface area contributed by atoms with Crippen molar-refractivity contribution in [3.05, 3.63) is 76.2 Å². The molecule has 1 aromatic carbocycles. The number of methoxy groups -OCH3 is 1. The van der Waals surface area contributed by atoms with Crippen LogP contribution in [0.2, 0.25) is 0 Å². The van der Waals surface area contributed by atoms with Gasteiger partial charge in [-0.25, -0.2) is 0 Å². The quantitative estimate of drug-likeness (QED) is 0.659. The second-order valence-electron chi connectivity index (χ2n) is 5.63. The van der Waals surface area contributed by atoms with Gasteiger partial charge in [-0.15, -0.1) is 11.3 Å². The summed E-state index contributed by atoms with van der Waals surface area (Å²) in [5.41, 5.74) is 2.10. The molecule has 0 radical (unpaired) electrons. The standard InChI is InChI=1S/C19H22N2O2S/c1-23-17-8-6-15(7-9-17)19(22)13-20-12-16-4-2-10-21(16)14-18-5-3-11-24-18/h2-11,19-20,22H,12-14H2,1H3. The summed E-state index contributed by atoms with van der Waals surface area (Å²) >= 11 is 1.77. The highest BCUT2D eigenvalue weighted by Gasteiger charge is 2.08. The van der Waals surface area contributed by atoms with Crippen LogP contribution in [0.25, 0.3) is 0 Å². The highest BCUT2D eigenvalue weighted by Crippen LogP contribution is 2.17. The molecule has 24 heavy (non-hydrogen) atoms. The Labute approximate surface area is 146 Å². The van der Waals surface area contributed by atoms with Crippen molar-refractivity contribution in [2.24, 2.45) is 0 Å². The third-order valence-electron chi connectivity index (χ3n) is 3.97. The first-order valence-corrected chi connectivity index (χ1v) is 8.83. The molecule has 0 fully saturated rings. The smallest absolute Gasteiger partial charge is 0.118 e. The summed E-state index contributed by atoms with van der Waals surface area (Å²) in [6.07, 6.45) is 1.56. The van der Waals surface area contributed by atoms with Gasteiger partial charge >= 0.3 is 0 Å². The molecule has 0 spiro atoms. The van der Waals surface area contributed by atoms with E-state index in [0.717, 1.165) is 24.4 Å². The van der Waals surface area contributed by atoms with Crippen LogP contribution >= 0.6 is 11.3 Å². The lowest BCUT2D eigenvalue weighted by Gasteiger charge is -2.14. The van der Waals surface area contributed by atoms with Crippen molar-refractivity contribution in [3.8, 4) is 5.75 Å². The van der Waals surface area contributed by atoms with Crippen molar-refractivity contribution >= 4 is 11.3 Å². The molecule has 3 aromatic rings. The van der Waals surface area contributed by atoms with Gasteiger partial charge in [-0.3, -0.25) is 0 Å². The van der Waals surface area contributed by atoms with Crippen LogP contribution < -0.4 is 10.1 Å². The lowest BCUT2D eigenvalue weighted by molar-refractivity contribution is 0.174. The number of nitrogens with one attached hydrogen (secondary N) is 1. The van der Waals surface area contributed by atoms with E-state index in [0.29, 0.717) is 6.54 Å². The summed E-state index contributed by atoms with van der Waals surface area (Å²) in [5.74, 6) is 0.797. The molecule has 1 atom stereocenters. The van der Waals surface area contributed by atoms with Crippen molar-refractivity contribution < 1.29 is 9.84 Å². The van der Waals surface area contributed by atoms with Gasteiger partial charge in [0.15, 0.2) is 0 Å². The number of benzene rings is 1. The van der Waals surface area contributed by atoms with Crippen LogP contribution in [0.1, 0.15) is 22.2 Å². The second-order valence-corrected chi connectivity index (χ2v) is 6.66. The van der Waals surface area contributed by atoms with E-state index in [1.165, 1.54) is 10.6 Å². The predicted molar refractivity (Wildman–Crippen MR) is 97.5 cm³/mol.